The predicted molar refractivity (Wildman–Crippen MR) is 82.2 cm³/mol. The largest absolute Gasteiger partial charge is 0.395 e. The van der Waals surface area contributed by atoms with Crippen LogP contribution in [0.3, 0.4) is 0 Å². The lowest BCUT2D eigenvalue weighted by Gasteiger charge is -2.21. The van der Waals surface area contributed by atoms with Crippen molar-refractivity contribution in [1.82, 2.24) is 5.32 Å². The van der Waals surface area contributed by atoms with Crippen molar-refractivity contribution in [3.63, 3.8) is 0 Å². The van der Waals surface area contributed by atoms with Crippen molar-refractivity contribution in [2.24, 2.45) is 0 Å². The van der Waals surface area contributed by atoms with Crippen LogP contribution in [0.5, 0.6) is 0 Å². The van der Waals surface area contributed by atoms with Crippen LogP contribution in [0.1, 0.15) is 12.5 Å². The Labute approximate surface area is 122 Å². The van der Waals surface area contributed by atoms with Gasteiger partial charge in [-0.1, -0.05) is 17.7 Å². The van der Waals surface area contributed by atoms with Gasteiger partial charge >= 0.3 is 6.03 Å². The number of anilines is 1. The van der Waals surface area contributed by atoms with E-state index in [0.717, 1.165) is 5.56 Å². The molecule has 0 aliphatic heterocycles. The molecule has 0 aromatic heterocycles. The van der Waals surface area contributed by atoms with E-state index < -0.39 is 0 Å². The molecule has 0 radical (unpaired) electrons. The van der Waals surface area contributed by atoms with Crippen LogP contribution < -0.4 is 10.6 Å². The van der Waals surface area contributed by atoms with Gasteiger partial charge in [0.25, 0.3) is 0 Å². The number of hydrogen-bond donors (Lipinski definition) is 3. The molecule has 0 spiro atoms. The molecule has 0 bridgehead atoms. The van der Waals surface area contributed by atoms with E-state index in [9.17, 15) is 4.79 Å². The molecule has 0 heterocycles. The number of carbonyl (C=O) groups excluding carboxylic acids is 1. The van der Waals surface area contributed by atoms with Gasteiger partial charge in [0.2, 0.25) is 0 Å². The molecule has 6 heteroatoms. The van der Waals surface area contributed by atoms with Crippen LogP contribution in [0, 0.1) is 6.92 Å². The third-order valence-electron chi connectivity index (χ3n) is 2.77. The molecule has 106 valence electrons. The molecule has 0 aliphatic carbocycles. The summed E-state index contributed by atoms with van der Waals surface area (Å²) in [6, 6.07) is 4.97. The minimum atomic E-state index is -0.328. The quantitative estimate of drug-likeness (QED) is 0.784. The summed E-state index contributed by atoms with van der Waals surface area (Å²) in [6.45, 7) is 3.81. The normalized spacial score (nSPS) is 13.7. The molecule has 2 amide bonds. The number of urea groups is 1. The third kappa shape index (κ3) is 4.93. The fourth-order valence-corrected chi connectivity index (χ4v) is 2.52. The first-order valence-electron chi connectivity index (χ1n) is 5.95. The van der Waals surface area contributed by atoms with E-state index in [0.29, 0.717) is 10.7 Å². The topological polar surface area (TPSA) is 61.4 Å². The van der Waals surface area contributed by atoms with Crippen LogP contribution >= 0.6 is 23.4 Å². The Kier molecular flexibility index (Phi) is 6.48. The number of thioether (sulfide) groups is 1. The molecule has 4 nitrogen and oxygen atoms in total. The van der Waals surface area contributed by atoms with Crippen LogP contribution in [0.15, 0.2) is 18.2 Å². The number of halogens is 1. The van der Waals surface area contributed by atoms with Gasteiger partial charge in [-0.15, -0.1) is 0 Å². The first kappa shape index (κ1) is 16.1. The average molecular weight is 303 g/mol. The summed E-state index contributed by atoms with van der Waals surface area (Å²) < 4.78 is 0. The molecule has 3 N–H and O–H groups in total. The first-order valence-corrected chi connectivity index (χ1v) is 7.61. The fourth-order valence-electron chi connectivity index (χ4n) is 1.62. The Morgan fingerprint density at radius 2 is 2.21 bits per heavy atom. The minimum Gasteiger partial charge on any atom is -0.395 e. The van der Waals surface area contributed by atoms with Crippen LogP contribution in [-0.4, -0.2) is 35.3 Å². The van der Waals surface area contributed by atoms with Gasteiger partial charge in [0.05, 0.1) is 17.3 Å². The second kappa shape index (κ2) is 7.62. The van der Waals surface area contributed by atoms with Crippen molar-refractivity contribution in [1.29, 1.82) is 0 Å². The van der Waals surface area contributed by atoms with Gasteiger partial charge in [-0.3, -0.25) is 0 Å². The zero-order chi connectivity index (χ0) is 14.4. The number of rotatable bonds is 5. The minimum absolute atomic E-state index is 0.0217. The van der Waals surface area contributed by atoms with Crippen molar-refractivity contribution in [3.8, 4) is 0 Å². The monoisotopic (exact) mass is 302 g/mol. The second-order valence-electron chi connectivity index (χ2n) is 4.33. The van der Waals surface area contributed by atoms with Crippen molar-refractivity contribution in [2.45, 2.75) is 25.1 Å². The SMILES string of the molecule is CSC(CO)C(C)NC(=O)Nc1ccc(C)cc1Cl. The second-order valence-corrected chi connectivity index (χ2v) is 5.81. The number of aryl methyl sites for hydroxylation is 1. The smallest absolute Gasteiger partial charge is 0.319 e. The molecular weight excluding hydrogens is 284 g/mol. The molecule has 1 aromatic carbocycles. The number of hydrogen-bond acceptors (Lipinski definition) is 3. The van der Waals surface area contributed by atoms with Crippen LogP contribution in [0.4, 0.5) is 10.5 Å². The Morgan fingerprint density at radius 1 is 1.53 bits per heavy atom. The van der Waals surface area contributed by atoms with Gasteiger partial charge in [0, 0.05) is 11.3 Å². The number of benzene rings is 1. The summed E-state index contributed by atoms with van der Waals surface area (Å²) in [5.41, 5.74) is 1.61. The maximum absolute atomic E-state index is 11.8. The van der Waals surface area contributed by atoms with Crippen LogP contribution in [0.2, 0.25) is 5.02 Å². The molecule has 1 rings (SSSR count). The number of aliphatic hydroxyl groups is 1. The lowest BCUT2D eigenvalue weighted by molar-refractivity contribution is 0.243. The van der Waals surface area contributed by atoms with Crippen molar-refractivity contribution < 1.29 is 9.90 Å². The Balaban J connectivity index is 2.60. The number of amides is 2. The van der Waals surface area contributed by atoms with Crippen molar-refractivity contribution >= 4 is 35.1 Å². The maximum Gasteiger partial charge on any atom is 0.319 e. The van der Waals surface area contributed by atoms with E-state index in [4.69, 9.17) is 16.7 Å². The van der Waals surface area contributed by atoms with Gasteiger partial charge < -0.3 is 15.7 Å². The van der Waals surface area contributed by atoms with Gasteiger partial charge in [-0.25, -0.2) is 4.79 Å². The van der Waals surface area contributed by atoms with E-state index in [2.05, 4.69) is 10.6 Å². The zero-order valence-electron chi connectivity index (χ0n) is 11.2. The average Bonchev–Trinajstić information content (AvgIpc) is 2.34. The lowest BCUT2D eigenvalue weighted by atomic mass is 10.2. The van der Waals surface area contributed by atoms with Gasteiger partial charge in [0.15, 0.2) is 0 Å². The highest BCUT2D eigenvalue weighted by atomic mass is 35.5. The predicted octanol–water partition coefficient (Wildman–Crippen LogP) is 2.88. The molecular formula is C13H19ClN2O2S. The highest BCUT2D eigenvalue weighted by Crippen LogP contribution is 2.22. The molecule has 0 fully saturated rings. The number of aliphatic hydroxyl groups excluding tert-OH is 1. The molecule has 2 atom stereocenters. The molecule has 1 aromatic rings. The Morgan fingerprint density at radius 3 is 2.74 bits per heavy atom. The van der Waals surface area contributed by atoms with E-state index in [1.54, 1.807) is 12.1 Å². The number of nitrogens with one attached hydrogen (secondary N) is 2. The van der Waals surface area contributed by atoms with Crippen molar-refractivity contribution in [2.75, 3.05) is 18.2 Å². The highest BCUT2D eigenvalue weighted by molar-refractivity contribution is 7.99. The standard InChI is InChI=1S/C13H19ClN2O2S/c1-8-4-5-11(10(14)6-8)16-13(18)15-9(2)12(7-17)19-3/h4-6,9,12,17H,7H2,1-3H3,(H2,15,16,18). The highest BCUT2D eigenvalue weighted by Gasteiger charge is 2.17. The van der Waals surface area contributed by atoms with Crippen molar-refractivity contribution in [3.05, 3.63) is 28.8 Å². The Hall–Kier alpha value is -0.910. The summed E-state index contributed by atoms with van der Waals surface area (Å²) in [5, 5.41) is 15.1. The van der Waals surface area contributed by atoms with E-state index in [1.807, 2.05) is 26.2 Å². The third-order valence-corrected chi connectivity index (χ3v) is 4.25. The zero-order valence-corrected chi connectivity index (χ0v) is 12.8. The van der Waals surface area contributed by atoms with E-state index in [-0.39, 0.29) is 23.9 Å². The summed E-state index contributed by atoms with van der Waals surface area (Å²) in [6.07, 6.45) is 1.90. The Bertz CT molecular complexity index is 439. The van der Waals surface area contributed by atoms with Crippen LogP contribution in [-0.2, 0) is 0 Å². The summed E-state index contributed by atoms with van der Waals surface area (Å²) in [5.74, 6) is 0. The molecule has 0 aliphatic rings. The summed E-state index contributed by atoms with van der Waals surface area (Å²) in [7, 11) is 0. The lowest BCUT2D eigenvalue weighted by Crippen LogP contribution is -2.43. The van der Waals surface area contributed by atoms with E-state index >= 15 is 0 Å². The molecule has 2 unspecified atom stereocenters. The maximum atomic E-state index is 11.8. The number of carbonyl (C=O) groups is 1. The van der Waals surface area contributed by atoms with Gasteiger partial charge in [-0.05, 0) is 37.8 Å². The van der Waals surface area contributed by atoms with Gasteiger partial charge in [-0.2, -0.15) is 11.8 Å². The molecule has 19 heavy (non-hydrogen) atoms. The summed E-state index contributed by atoms with van der Waals surface area (Å²) in [4.78, 5) is 11.8. The first-order chi connectivity index (χ1) is 8.97. The summed E-state index contributed by atoms with van der Waals surface area (Å²) >= 11 is 7.55. The molecule has 0 saturated heterocycles. The fraction of sp³-hybridized carbons (Fsp3) is 0.462. The van der Waals surface area contributed by atoms with E-state index in [1.165, 1.54) is 11.8 Å². The van der Waals surface area contributed by atoms with Crippen LogP contribution in [0.25, 0.3) is 0 Å². The van der Waals surface area contributed by atoms with Gasteiger partial charge in [0.1, 0.15) is 0 Å². The molecule has 0 saturated carbocycles.